The van der Waals surface area contributed by atoms with Gasteiger partial charge in [0.05, 0.1) is 11.7 Å². The van der Waals surface area contributed by atoms with Gasteiger partial charge in [0.1, 0.15) is 0 Å². The summed E-state index contributed by atoms with van der Waals surface area (Å²) in [4.78, 5) is 1.27. The van der Waals surface area contributed by atoms with Gasteiger partial charge in [-0.05, 0) is 35.9 Å². The number of thiophene rings is 1. The molecule has 92 valence electrons. The van der Waals surface area contributed by atoms with E-state index in [0.29, 0.717) is 0 Å². The molecular formula is C13H19N3S. The number of aryl methyl sites for hydroxylation is 2. The van der Waals surface area contributed by atoms with Gasteiger partial charge in [0, 0.05) is 17.6 Å². The average Bonchev–Trinajstić information content (AvgIpc) is 2.96. The predicted molar refractivity (Wildman–Crippen MR) is 72.2 cm³/mol. The molecule has 2 rings (SSSR count). The van der Waals surface area contributed by atoms with E-state index in [-0.39, 0.29) is 6.04 Å². The summed E-state index contributed by atoms with van der Waals surface area (Å²) in [6, 6.07) is 4.15. The highest BCUT2D eigenvalue weighted by molar-refractivity contribution is 7.10. The summed E-state index contributed by atoms with van der Waals surface area (Å²) < 4.78 is 2.02. The Hall–Kier alpha value is -1.13. The molecule has 0 bridgehead atoms. The molecule has 3 nitrogen and oxygen atoms in total. The fraction of sp³-hybridized carbons (Fsp3) is 0.462. The lowest BCUT2D eigenvalue weighted by Gasteiger charge is -2.14. The Labute approximate surface area is 106 Å². The van der Waals surface area contributed by atoms with Crippen LogP contribution in [0.1, 0.15) is 42.4 Å². The summed E-state index contributed by atoms with van der Waals surface area (Å²) in [5.41, 5.74) is 8.83. The van der Waals surface area contributed by atoms with E-state index in [1.807, 2.05) is 16.9 Å². The van der Waals surface area contributed by atoms with E-state index in [0.717, 1.165) is 25.1 Å². The first-order valence-electron chi connectivity index (χ1n) is 6.11. The smallest absolute Gasteiger partial charge is 0.0819 e. The highest BCUT2D eigenvalue weighted by Crippen LogP contribution is 2.28. The quantitative estimate of drug-likeness (QED) is 0.885. The maximum atomic E-state index is 6.36. The molecule has 2 aromatic rings. The highest BCUT2D eigenvalue weighted by Gasteiger charge is 2.17. The van der Waals surface area contributed by atoms with Crippen molar-refractivity contribution in [1.29, 1.82) is 0 Å². The maximum Gasteiger partial charge on any atom is 0.0819 e. The third-order valence-corrected chi connectivity index (χ3v) is 3.99. The summed E-state index contributed by atoms with van der Waals surface area (Å²) in [7, 11) is 0. The fourth-order valence-electron chi connectivity index (χ4n) is 2.05. The molecule has 0 spiro atoms. The van der Waals surface area contributed by atoms with Crippen LogP contribution in [0.5, 0.6) is 0 Å². The molecule has 0 saturated heterocycles. The van der Waals surface area contributed by atoms with Crippen molar-refractivity contribution in [2.24, 2.45) is 5.73 Å². The second-order valence-corrected chi connectivity index (χ2v) is 5.07. The van der Waals surface area contributed by atoms with Gasteiger partial charge in [-0.25, -0.2) is 0 Å². The number of hydrogen-bond acceptors (Lipinski definition) is 3. The topological polar surface area (TPSA) is 43.8 Å². The Balaban J connectivity index is 2.30. The van der Waals surface area contributed by atoms with Crippen LogP contribution in [-0.2, 0) is 13.0 Å². The van der Waals surface area contributed by atoms with E-state index in [1.54, 1.807) is 11.3 Å². The van der Waals surface area contributed by atoms with Crippen molar-refractivity contribution in [2.75, 3.05) is 0 Å². The van der Waals surface area contributed by atoms with Gasteiger partial charge in [0.25, 0.3) is 0 Å². The van der Waals surface area contributed by atoms with Crippen LogP contribution in [0, 0.1) is 0 Å². The lowest BCUT2D eigenvalue weighted by Crippen LogP contribution is -2.17. The Morgan fingerprint density at radius 2 is 2.24 bits per heavy atom. The minimum Gasteiger partial charge on any atom is -0.318 e. The Kier molecular flexibility index (Phi) is 3.97. The van der Waals surface area contributed by atoms with Gasteiger partial charge in [-0.2, -0.15) is 5.10 Å². The van der Waals surface area contributed by atoms with Crippen LogP contribution in [-0.4, -0.2) is 9.78 Å². The lowest BCUT2D eigenvalue weighted by atomic mass is 10.1. The standard InChI is InChI=1S/C13H19N3S/c1-3-8-16-11(5-7-15-16)12(14)13-10(4-2)6-9-17-13/h5-7,9,12H,3-4,8,14H2,1-2H3. The zero-order chi connectivity index (χ0) is 12.3. The highest BCUT2D eigenvalue weighted by atomic mass is 32.1. The SMILES string of the molecule is CCCn1nccc1C(N)c1sccc1CC. The van der Waals surface area contributed by atoms with Gasteiger partial charge < -0.3 is 5.73 Å². The molecule has 4 heteroatoms. The monoisotopic (exact) mass is 249 g/mol. The molecule has 0 aromatic carbocycles. The van der Waals surface area contributed by atoms with Crippen molar-refractivity contribution < 1.29 is 0 Å². The number of hydrogen-bond donors (Lipinski definition) is 1. The molecule has 2 N–H and O–H groups in total. The van der Waals surface area contributed by atoms with Crippen LogP contribution < -0.4 is 5.73 Å². The largest absolute Gasteiger partial charge is 0.318 e. The Morgan fingerprint density at radius 3 is 2.94 bits per heavy atom. The molecule has 2 heterocycles. The molecule has 0 aliphatic rings. The van der Waals surface area contributed by atoms with Crippen LogP contribution in [0.3, 0.4) is 0 Å². The first-order chi connectivity index (χ1) is 8.27. The molecule has 0 amide bonds. The third-order valence-electron chi connectivity index (χ3n) is 2.95. The number of aromatic nitrogens is 2. The van der Waals surface area contributed by atoms with Crippen molar-refractivity contribution in [3.8, 4) is 0 Å². The zero-order valence-corrected chi connectivity index (χ0v) is 11.2. The average molecular weight is 249 g/mol. The molecule has 1 atom stereocenters. The minimum atomic E-state index is -0.0426. The van der Waals surface area contributed by atoms with Crippen LogP contribution in [0.25, 0.3) is 0 Å². The Morgan fingerprint density at radius 1 is 1.41 bits per heavy atom. The second-order valence-electron chi connectivity index (χ2n) is 4.12. The van der Waals surface area contributed by atoms with E-state index < -0.39 is 0 Å². The maximum absolute atomic E-state index is 6.36. The summed E-state index contributed by atoms with van der Waals surface area (Å²) in [5, 5.41) is 6.45. The normalized spacial score (nSPS) is 12.9. The van der Waals surface area contributed by atoms with Crippen LogP contribution in [0.4, 0.5) is 0 Å². The van der Waals surface area contributed by atoms with E-state index in [1.165, 1.54) is 10.4 Å². The van der Waals surface area contributed by atoms with Crippen LogP contribution in [0.2, 0.25) is 0 Å². The van der Waals surface area contributed by atoms with Crippen molar-refractivity contribution in [3.05, 3.63) is 39.8 Å². The summed E-state index contributed by atoms with van der Waals surface area (Å²) >= 11 is 1.74. The van der Waals surface area contributed by atoms with Crippen molar-refractivity contribution >= 4 is 11.3 Å². The third kappa shape index (κ3) is 2.42. The molecule has 0 radical (unpaired) electrons. The van der Waals surface area contributed by atoms with E-state index >= 15 is 0 Å². The minimum absolute atomic E-state index is 0.0426. The Bertz CT molecular complexity index is 472. The van der Waals surface area contributed by atoms with E-state index in [9.17, 15) is 0 Å². The first-order valence-corrected chi connectivity index (χ1v) is 6.99. The predicted octanol–water partition coefficient (Wildman–Crippen LogP) is 2.97. The summed E-state index contributed by atoms with van der Waals surface area (Å²) in [6.45, 7) is 5.25. The summed E-state index contributed by atoms with van der Waals surface area (Å²) in [6.07, 6.45) is 3.95. The fourth-order valence-corrected chi connectivity index (χ4v) is 3.06. The van der Waals surface area contributed by atoms with E-state index in [4.69, 9.17) is 5.73 Å². The van der Waals surface area contributed by atoms with Gasteiger partial charge in [-0.15, -0.1) is 11.3 Å². The molecule has 0 fully saturated rings. The van der Waals surface area contributed by atoms with Gasteiger partial charge >= 0.3 is 0 Å². The van der Waals surface area contributed by atoms with Gasteiger partial charge in [0.2, 0.25) is 0 Å². The second kappa shape index (κ2) is 5.47. The molecular weight excluding hydrogens is 230 g/mol. The zero-order valence-electron chi connectivity index (χ0n) is 10.4. The van der Waals surface area contributed by atoms with Crippen molar-refractivity contribution in [1.82, 2.24) is 9.78 Å². The molecule has 17 heavy (non-hydrogen) atoms. The number of nitrogens with zero attached hydrogens (tertiary/aromatic N) is 2. The van der Waals surface area contributed by atoms with Crippen LogP contribution in [0.15, 0.2) is 23.7 Å². The number of rotatable bonds is 5. The molecule has 0 aliphatic carbocycles. The number of nitrogens with two attached hydrogens (primary N) is 1. The molecule has 2 aromatic heterocycles. The molecule has 1 unspecified atom stereocenters. The van der Waals surface area contributed by atoms with E-state index in [2.05, 4.69) is 30.4 Å². The van der Waals surface area contributed by atoms with Crippen LogP contribution >= 0.6 is 11.3 Å². The lowest BCUT2D eigenvalue weighted by molar-refractivity contribution is 0.561. The first kappa shape index (κ1) is 12.3. The van der Waals surface area contributed by atoms with Crippen molar-refractivity contribution in [3.63, 3.8) is 0 Å². The van der Waals surface area contributed by atoms with Gasteiger partial charge in [0.15, 0.2) is 0 Å². The van der Waals surface area contributed by atoms with Crippen molar-refractivity contribution in [2.45, 2.75) is 39.3 Å². The van der Waals surface area contributed by atoms with Gasteiger partial charge in [-0.3, -0.25) is 4.68 Å². The summed E-state index contributed by atoms with van der Waals surface area (Å²) in [5.74, 6) is 0. The molecule has 0 aliphatic heterocycles. The van der Waals surface area contributed by atoms with Gasteiger partial charge in [-0.1, -0.05) is 13.8 Å². The molecule has 0 saturated carbocycles.